The average Bonchev–Trinajstić information content (AvgIpc) is 3.87. The Morgan fingerprint density at radius 3 is 1.37 bits per heavy atom. The number of aromatic nitrogens is 1. The molecule has 12 rings (SSSR count). The number of rotatable bonds is 7. The summed E-state index contributed by atoms with van der Waals surface area (Å²) in [6, 6.07) is 81.4. The van der Waals surface area contributed by atoms with Crippen molar-refractivity contribution in [1.82, 2.24) is 4.57 Å². The molecule has 0 radical (unpaired) electrons. The number of nitrogens with zero attached hydrogens (tertiary/aromatic N) is 2. The molecule has 2 heterocycles. The lowest BCUT2D eigenvalue weighted by atomic mass is 9.81. The van der Waals surface area contributed by atoms with Crippen molar-refractivity contribution in [2.75, 3.05) is 4.90 Å². The van der Waals surface area contributed by atoms with E-state index in [-0.39, 0.29) is 0 Å². The van der Waals surface area contributed by atoms with Gasteiger partial charge in [-0.3, -0.25) is 0 Å². The zero-order chi connectivity index (χ0) is 41.0. The van der Waals surface area contributed by atoms with Crippen LogP contribution in [-0.2, 0) is 0 Å². The topological polar surface area (TPSA) is 8.17 Å². The van der Waals surface area contributed by atoms with Crippen LogP contribution in [0, 0.1) is 0 Å². The van der Waals surface area contributed by atoms with Crippen LogP contribution in [0.1, 0.15) is 37.2 Å². The highest BCUT2D eigenvalue weighted by atomic mass is 15.2. The Morgan fingerprint density at radius 1 is 0.323 bits per heavy atom. The third kappa shape index (κ3) is 6.34. The molecule has 2 nitrogen and oxygen atoms in total. The minimum Gasteiger partial charge on any atom is -0.337 e. The van der Waals surface area contributed by atoms with Gasteiger partial charge in [-0.15, -0.1) is 0 Å². The molecule has 2 unspecified atom stereocenters. The van der Waals surface area contributed by atoms with Crippen LogP contribution in [0.15, 0.2) is 218 Å². The Kier molecular flexibility index (Phi) is 8.96. The number of fused-ring (bicyclic) bond motifs is 6. The monoisotopic (exact) mass is 794 g/mol. The molecular weight excluding hydrogens is 749 g/mol. The average molecular weight is 795 g/mol. The van der Waals surface area contributed by atoms with E-state index in [1.807, 2.05) is 0 Å². The fourth-order valence-corrected chi connectivity index (χ4v) is 10.7. The van der Waals surface area contributed by atoms with Gasteiger partial charge in [-0.05, 0) is 141 Å². The van der Waals surface area contributed by atoms with E-state index in [1.54, 1.807) is 0 Å². The number of para-hydroxylation sites is 1. The van der Waals surface area contributed by atoms with E-state index in [9.17, 15) is 0 Å². The SMILES string of the molecule is c1ccc(-c2cc(-c3ccccc3)cc(N3c4ccc(-c5ccc6c(c5)c5ccccc5n6-c5cc(-c6ccccc6)cc(-c6ccccc6)c5)cc4C4CCCCC43)c2)cc1. The standard InChI is InChI=1S/C60H46N2/c1-5-17-41(18-6-1)47-33-48(42-19-7-2-8-20-42)36-51(35-47)61-57-27-15-13-25-53(57)55-39-45(29-31-59(55)61)46-30-32-60-56(40-46)54-26-14-16-28-58(54)62(60)52-37-49(43-21-9-3-10-22-43)34-50(38-52)44-23-11-4-12-24-44/h1-13,15,17-25,27,29-40,54,58H,14,16,26,28H2. The molecule has 9 aromatic carbocycles. The third-order valence-corrected chi connectivity index (χ3v) is 13.6. The summed E-state index contributed by atoms with van der Waals surface area (Å²) in [7, 11) is 0. The summed E-state index contributed by atoms with van der Waals surface area (Å²) in [5, 5.41) is 2.54. The summed E-state index contributed by atoms with van der Waals surface area (Å²) < 4.78 is 2.47. The van der Waals surface area contributed by atoms with Crippen molar-refractivity contribution in [1.29, 1.82) is 0 Å². The molecular formula is C60H46N2. The van der Waals surface area contributed by atoms with Crippen molar-refractivity contribution in [3.8, 4) is 61.3 Å². The van der Waals surface area contributed by atoms with Gasteiger partial charge in [-0.1, -0.05) is 165 Å². The smallest absolute Gasteiger partial charge is 0.0541 e. The number of anilines is 2. The highest BCUT2D eigenvalue weighted by Crippen LogP contribution is 2.53. The lowest BCUT2D eigenvalue weighted by Gasteiger charge is -2.34. The Balaban J connectivity index is 0.982. The van der Waals surface area contributed by atoms with E-state index in [0.29, 0.717) is 12.0 Å². The van der Waals surface area contributed by atoms with Crippen molar-refractivity contribution in [2.24, 2.45) is 0 Å². The van der Waals surface area contributed by atoms with Crippen LogP contribution in [0.25, 0.3) is 83.1 Å². The van der Waals surface area contributed by atoms with Gasteiger partial charge < -0.3 is 9.47 Å². The summed E-state index contributed by atoms with van der Waals surface area (Å²) in [5.41, 5.74) is 20.1. The molecule has 0 spiro atoms. The first-order valence-corrected chi connectivity index (χ1v) is 22.2. The van der Waals surface area contributed by atoms with Gasteiger partial charge >= 0.3 is 0 Å². The van der Waals surface area contributed by atoms with Crippen LogP contribution < -0.4 is 4.90 Å². The van der Waals surface area contributed by atoms with Gasteiger partial charge in [0.15, 0.2) is 0 Å². The fraction of sp³-hybridized carbons (Fsp3) is 0.100. The molecule has 1 fully saturated rings. The lowest BCUT2D eigenvalue weighted by molar-refractivity contribution is 0.402. The molecule has 2 heteroatoms. The van der Waals surface area contributed by atoms with Crippen LogP contribution in [0.3, 0.4) is 0 Å². The molecule has 62 heavy (non-hydrogen) atoms. The number of hydrogen-bond donors (Lipinski definition) is 0. The van der Waals surface area contributed by atoms with Gasteiger partial charge in [-0.25, -0.2) is 0 Å². The molecule has 2 atom stereocenters. The summed E-state index contributed by atoms with van der Waals surface area (Å²) in [5.74, 6) is 0.501. The summed E-state index contributed by atoms with van der Waals surface area (Å²) >= 11 is 0. The largest absolute Gasteiger partial charge is 0.337 e. The highest BCUT2D eigenvalue weighted by molar-refractivity contribution is 6.10. The highest BCUT2D eigenvalue weighted by Gasteiger charge is 2.41. The molecule has 1 aliphatic carbocycles. The first kappa shape index (κ1) is 36.4. The molecule has 2 aliphatic rings. The van der Waals surface area contributed by atoms with Gasteiger partial charge in [-0.2, -0.15) is 0 Å². The Hall–Kier alpha value is -7.42. The molecule has 10 aromatic rings. The Morgan fingerprint density at radius 2 is 0.790 bits per heavy atom. The predicted octanol–water partition coefficient (Wildman–Crippen LogP) is 16.3. The van der Waals surface area contributed by atoms with Crippen LogP contribution in [-0.4, -0.2) is 10.6 Å². The van der Waals surface area contributed by atoms with E-state index < -0.39 is 0 Å². The summed E-state index contributed by atoms with van der Waals surface area (Å²) in [6.45, 7) is 0. The van der Waals surface area contributed by atoms with Crippen LogP contribution in [0.4, 0.5) is 11.4 Å². The first-order valence-electron chi connectivity index (χ1n) is 22.2. The fourth-order valence-electron chi connectivity index (χ4n) is 10.7. The van der Waals surface area contributed by atoms with E-state index in [0.717, 1.165) is 5.69 Å². The number of hydrogen-bond acceptors (Lipinski definition) is 1. The Bertz CT molecular complexity index is 3120. The van der Waals surface area contributed by atoms with E-state index in [2.05, 4.69) is 228 Å². The van der Waals surface area contributed by atoms with Gasteiger partial charge in [0.1, 0.15) is 0 Å². The van der Waals surface area contributed by atoms with Gasteiger partial charge in [0.25, 0.3) is 0 Å². The molecule has 1 aliphatic heterocycles. The minimum atomic E-state index is 0.441. The second kappa shape index (κ2) is 15.2. The van der Waals surface area contributed by atoms with E-state index in [4.69, 9.17) is 0 Å². The van der Waals surface area contributed by atoms with Crippen LogP contribution in [0.5, 0.6) is 0 Å². The molecule has 0 N–H and O–H groups in total. The first-order chi connectivity index (χ1) is 30.7. The third-order valence-electron chi connectivity index (χ3n) is 13.6. The summed E-state index contributed by atoms with van der Waals surface area (Å²) in [6.07, 6.45) is 4.97. The second-order valence-corrected chi connectivity index (χ2v) is 17.2. The maximum atomic E-state index is 2.70. The molecule has 0 amide bonds. The normalized spacial score (nSPS) is 15.8. The molecule has 0 bridgehead atoms. The van der Waals surface area contributed by atoms with Crippen molar-refractivity contribution in [3.05, 3.63) is 224 Å². The van der Waals surface area contributed by atoms with Crippen molar-refractivity contribution in [3.63, 3.8) is 0 Å². The predicted molar refractivity (Wildman–Crippen MR) is 262 cm³/mol. The summed E-state index contributed by atoms with van der Waals surface area (Å²) in [4.78, 5) is 2.70. The van der Waals surface area contributed by atoms with Crippen molar-refractivity contribution in [2.45, 2.75) is 37.6 Å². The molecule has 1 aromatic heterocycles. The molecule has 1 saturated carbocycles. The molecule has 296 valence electrons. The van der Waals surface area contributed by atoms with Gasteiger partial charge in [0, 0.05) is 39.8 Å². The quantitative estimate of drug-likeness (QED) is 0.156. The zero-order valence-electron chi connectivity index (χ0n) is 34.7. The second-order valence-electron chi connectivity index (χ2n) is 17.2. The Labute approximate surface area is 364 Å². The number of benzene rings is 9. The minimum absolute atomic E-state index is 0.441. The van der Waals surface area contributed by atoms with E-state index >= 15 is 0 Å². The zero-order valence-corrected chi connectivity index (χ0v) is 34.7. The lowest BCUT2D eigenvalue weighted by Crippen LogP contribution is -2.32. The van der Waals surface area contributed by atoms with Gasteiger partial charge in [0.05, 0.1) is 11.0 Å². The van der Waals surface area contributed by atoms with Crippen molar-refractivity contribution >= 4 is 33.2 Å². The van der Waals surface area contributed by atoms with Crippen molar-refractivity contribution < 1.29 is 0 Å². The van der Waals surface area contributed by atoms with Crippen LogP contribution in [0.2, 0.25) is 0 Å². The maximum Gasteiger partial charge on any atom is 0.0541 e. The van der Waals surface area contributed by atoms with Gasteiger partial charge in [0.2, 0.25) is 0 Å². The molecule has 0 saturated heterocycles. The van der Waals surface area contributed by atoms with Crippen LogP contribution >= 0.6 is 0 Å². The van der Waals surface area contributed by atoms with E-state index in [1.165, 1.54) is 120 Å². The maximum absolute atomic E-state index is 2.70.